The number of benzene rings is 1. The van der Waals surface area contributed by atoms with Gasteiger partial charge in [0.15, 0.2) is 5.96 Å². The first kappa shape index (κ1) is 21.4. The van der Waals surface area contributed by atoms with E-state index in [4.69, 9.17) is 10.7 Å². The summed E-state index contributed by atoms with van der Waals surface area (Å²) in [4.78, 5) is 23.5. The molecule has 1 unspecified atom stereocenters. The molecular weight excluding hydrogens is 364 g/mol. The number of anilines is 1. The van der Waals surface area contributed by atoms with Gasteiger partial charge in [0.05, 0.1) is 5.92 Å². The number of hydrogen-bond donors (Lipinski definition) is 2. The van der Waals surface area contributed by atoms with Gasteiger partial charge in [0, 0.05) is 51.5 Å². The summed E-state index contributed by atoms with van der Waals surface area (Å²) in [6, 6.07) is 10.6. The van der Waals surface area contributed by atoms with Crippen molar-refractivity contribution in [1.29, 1.82) is 0 Å². The fourth-order valence-electron chi connectivity index (χ4n) is 4.21. The molecule has 160 valence electrons. The van der Waals surface area contributed by atoms with Gasteiger partial charge in [-0.05, 0) is 51.4 Å². The Hall–Kier alpha value is -2.28. The van der Waals surface area contributed by atoms with Gasteiger partial charge in [-0.1, -0.05) is 18.2 Å². The Bertz CT molecular complexity index is 657. The molecule has 29 heavy (non-hydrogen) atoms. The van der Waals surface area contributed by atoms with Gasteiger partial charge in [0.25, 0.3) is 0 Å². The number of nitrogens with zero attached hydrogens (tertiary/aromatic N) is 4. The topological polar surface area (TPSA) is 77.2 Å². The minimum atomic E-state index is -0.156. The lowest BCUT2D eigenvalue weighted by Gasteiger charge is -2.37. The Labute approximate surface area is 174 Å². The highest BCUT2D eigenvalue weighted by atomic mass is 16.1. The Morgan fingerprint density at radius 3 is 2.62 bits per heavy atom. The van der Waals surface area contributed by atoms with E-state index in [1.807, 2.05) is 0 Å². The molecular formula is C22H36N6O. The second-order valence-electron chi connectivity index (χ2n) is 7.94. The second-order valence-corrected chi connectivity index (χ2v) is 7.94. The minimum Gasteiger partial charge on any atom is -0.369 e. The lowest BCUT2D eigenvalue weighted by atomic mass is 9.97. The average Bonchev–Trinajstić information content (AvgIpc) is 2.77. The maximum atomic E-state index is 11.4. The average molecular weight is 401 g/mol. The number of likely N-dealkylation sites (tertiary alicyclic amines) is 1. The molecule has 2 fully saturated rings. The van der Waals surface area contributed by atoms with E-state index in [1.54, 1.807) is 0 Å². The first-order valence-electron chi connectivity index (χ1n) is 11.0. The van der Waals surface area contributed by atoms with Crippen LogP contribution < -0.4 is 16.0 Å². The highest BCUT2D eigenvalue weighted by Crippen LogP contribution is 2.17. The zero-order valence-electron chi connectivity index (χ0n) is 17.7. The number of piperidine rings is 1. The highest BCUT2D eigenvalue weighted by Gasteiger charge is 2.23. The van der Waals surface area contributed by atoms with E-state index in [2.05, 4.69) is 57.3 Å². The van der Waals surface area contributed by atoms with E-state index in [9.17, 15) is 4.79 Å². The van der Waals surface area contributed by atoms with Gasteiger partial charge in [0.1, 0.15) is 0 Å². The van der Waals surface area contributed by atoms with Crippen molar-refractivity contribution in [1.82, 2.24) is 15.1 Å². The number of para-hydroxylation sites is 1. The molecule has 7 nitrogen and oxygen atoms in total. The van der Waals surface area contributed by atoms with Crippen LogP contribution in [0.4, 0.5) is 5.69 Å². The summed E-state index contributed by atoms with van der Waals surface area (Å²) >= 11 is 0. The van der Waals surface area contributed by atoms with Gasteiger partial charge in [-0.3, -0.25) is 9.79 Å². The SMILES string of the molecule is CCNC(=NCCCN1CCCC(C(N)=O)C1)N1CCN(c2ccccc2)CC1. The maximum Gasteiger partial charge on any atom is 0.221 e. The van der Waals surface area contributed by atoms with Crippen LogP contribution in [0.15, 0.2) is 35.3 Å². The molecule has 0 spiro atoms. The van der Waals surface area contributed by atoms with Gasteiger partial charge >= 0.3 is 0 Å². The number of primary amides is 1. The van der Waals surface area contributed by atoms with Crippen LogP contribution in [0.2, 0.25) is 0 Å². The quantitative estimate of drug-likeness (QED) is 0.411. The van der Waals surface area contributed by atoms with Crippen LogP contribution in [0.3, 0.4) is 0 Å². The van der Waals surface area contributed by atoms with Crippen molar-refractivity contribution in [2.75, 3.05) is 63.8 Å². The molecule has 1 atom stereocenters. The Morgan fingerprint density at radius 2 is 1.93 bits per heavy atom. The van der Waals surface area contributed by atoms with Crippen molar-refractivity contribution in [3.8, 4) is 0 Å². The third kappa shape index (κ3) is 6.35. The molecule has 3 N–H and O–H groups in total. The Balaban J connectivity index is 1.44. The fourth-order valence-corrected chi connectivity index (χ4v) is 4.21. The third-order valence-corrected chi connectivity index (χ3v) is 5.84. The molecule has 2 saturated heterocycles. The summed E-state index contributed by atoms with van der Waals surface area (Å²) in [5, 5.41) is 3.45. The molecule has 2 aliphatic heterocycles. The lowest BCUT2D eigenvalue weighted by molar-refractivity contribution is -0.123. The van der Waals surface area contributed by atoms with Crippen molar-refractivity contribution in [2.24, 2.45) is 16.6 Å². The number of piperazine rings is 1. The molecule has 0 aliphatic carbocycles. The second kappa shape index (κ2) is 11.0. The zero-order valence-corrected chi connectivity index (χ0v) is 17.7. The van der Waals surface area contributed by atoms with Gasteiger partial charge < -0.3 is 25.8 Å². The monoisotopic (exact) mass is 400 g/mol. The smallest absolute Gasteiger partial charge is 0.221 e. The van der Waals surface area contributed by atoms with Crippen LogP contribution in [0.5, 0.6) is 0 Å². The molecule has 2 aliphatic rings. The molecule has 0 bridgehead atoms. The third-order valence-electron chi connectivity index (χ3n) is 5.84. The van der Waals surface area contributed by atoms with Crippen molar-refractivity contribution in [2.45, 2.75) is 26.2 Å². The van der Waals surface area contributed by atoms with Gasteiger partial charge in [-0.15, -0.1) is 0 Å². The number of carbonyl (C=O) groups is 1. The molecule has 3 rings (SSSR count). The van der Waals surface area contributed by atoms with Crippen LogP contribution in [-0.2, 0) is 4.79 Å². The molecule has 2 heterocycles. The number of nitrogens with one attached hydrogen (secondary N) is 1. The van der Waals surface area contributed by atoms with E-state index in [-0.39, 0.29) is 11.8 Å². The minimum absolute atomic E-state index is 0.0190. The van der Waals surface area contributed by atoms with Crippen LogP contribution >= 0.6 is 0 Å². The predicted molar refractivity (Wildman–Crippen MR) is 119 cm³/mol. The lowest BCUT2D eigenvalue weighted by Crippen LogP contribution is -2.52. The van der Waals surface area contributed by atoms with Crippen molar-refractivity contribution >= 4 is 17.6 Å². The number of carbonyl (C=O) groups excluding carboxylic acids is 1. The summed E-state index contributed by atoms with van der Waals surface area (Å²) in [6.07, 6.45) is 3.00. The largest absolute Gasteiger partial charge is 0.369 e. The summed E-state index contributed by atoms with van der Waals surface area (Å²) in [5.74, 6) is 0.885. The number of hydrogen-bond acceptors (Lipinski definition) is 4. The van der Waals surface area contributed by atoms with Crippen LogP contribution in [0.25, 0.3) is 0 Å². The highest BCUT2D eigenvalue weighted by molar-refractivity contribution is 5.80. The summed E-state index contributed by atoms with van der Waals surface area (Å²) in [7, 11) is 0. The molecule has 7 heteroatoms. The van der Waals surface area contributed by atoms with Crippen LogP contribution in [-0.4, -0.2) is 80.6 Å². The summed E-state index contributed by atoms with van der Waals surface area (Å²) < 4.78 is 0. The van der Waals surface area contributed by atoms with Gasteiger partial charge in [-0.25, -0.2) is 0 Å². The molecule has 0 aromatic heterocycles. The molecule has 1 aromatic carbocycles. The standard InChI is InChI=1S/C22H36N6O/c1-2-24-22(25-11-7-13-26-12-6-8-19(18-26)21(23)29)28-16-14-27(15-17-28)20-9-4-3-5-10-20/h3-5,9-10,19H,2,6-8,11-18H2,1H3,(H2,23,29)(H,24,25). The predicted octanol–water partition coefficient (Wildman–Crippen LogP) is 1.36. The fraction of sp³-hybridized carbons (Fsp3) is 0.636. The zero-order chi connectivity index (χ0) is 20.5. The normalized spacial score (nSPS) is 21.3. The van der Waals surface area contributed by atoms with E-state index in [0.29, 0.717) is 0 Å². The van der Waals surface area contributed by atoms with E-state index in [1.165, 1.54) is 5.69 Å². The molecule has 0 radical (unpaired) electrons. The summed E-state index contributed by atoms with van der Waals surface area (Å²) in [6.45, 7) is 10.6. The molecule has 0 saturated carbocycles. The van der Waals surface area contributed by atoms with Crippen molar-refractivity contribution < 1.29 is 4.79 Å². The van der Waals surface area contributed by atoms with Crippen LogP contribution in [0.1, 0.15) is 26.2 Å². The first-order valence-corrected chi connectivity index (χ1v) is 11.0. The van der Waals surface area contributed by atoms with Crippen molar-refractivity contribution in [3.05, 3.63) is 30.3 Å². The van der Waals surface area contributed by atoms with E-state index < -0.39 is 0 Å². The van der Waals surface area contributed by atoms with E-state index in [0.717, 1.165) is 84.1 Å². The first-order chi connectivity index (χ1) is 14.2. The number of rotatable bonds is 7. The molecule has 1 amide bonds. The Morgan fingerprint density at radius 1 is 1.17 bits per heavy atom. The summed E-state index contributed by atoms with van der Waals surface area (Å²) in [5.41, 5.74) is 6.78. The number of nitrogens with two attached hydrogens (primary N) is 1. The number of aliphatic imine (C=N–C) groups is 1. The maximum absolute atomic E-state index is 11.4. The number of guanidine groups is 1. The molecule has 1 aromatic rings. The van der Waals surface area contributed by atoms with Crippen molar-refractivity contribution in [3.63, 3.8) is 0 Å². The number of amides is 1. The Kier molecular flexibility index (Phi) is 8.16. The van der Waals surface area contributed by atoms with Crippen LogP contribution in [0, 0.1) is 5.92 Å². The van der Waals surface area contributed by atoms with Gasteiger partial charge in [-0.2, -0.15) is 0 Å². The van der Waals surface area contributed by atoms with Gasteiger partial charge in [0.2, 0.25) is 5.91 Å². The van der Waals surface area contributed by atoms with E-state index >= 15 is 0 Å².